The van der Waals surface area contributed by atoms with Crippen molar-refractivity contribution < 1.29 is 4.79 Å². The molecule has 0 radical (unpaired) electrons. The van der Waals surface area contributed by atoms with Gasteiger partial charge in [-0.1, -0.05) is 42.5 Å². The van der Waals surface area contributed by atoms with Gasteiger partial charge in [0, 0.05) is 37.9 Å². The van der Waals surface area contributed by atoms with Crippen LogP contribution in [0.15, 0.2) is 54.6 Å². The summed E-state index contributed by atoms with van der Waals surface area (Å²) in [5, 5.41) is 2.42. The Morgan fingerprint density at radius 2 is 1.66 bits per heavy atom. The molecule has 0 saturated carbocycles. The largest absolute Gasteiger partial charge is 0.371 e. The predicted molar refractivity (Wildman–Crippen MR) is 120 cm³/mol. The van der Waals surface area contributed by atoms with E-state index in [0.717, 1.165) is 36.9 Å². The fourth-order valence-corrected chi connectivity index (χ4v) is 5.05. The van der Waals surface area contributed by atoms with Crippen molar-refractivity contribution in [1.82, 2.24) is 4.90 Å². The Kier molecular flexibility index (Phi) is 4.75. The number of amides is 1. The summed E-state index contributed by atoms with van der Waals surface area (Å²) in [5.41, 5.74) is 6.10. The van der Waals surface area contributed by atoms with Crippen LogP contribution in [0.4, 0.5) is 5.69 Å². The number of nitrogens with zero attached hydrogens (tertiary/aromatic N) is 2. The van der Waals surface area contributed by atoms with Gasteiger partial charge in [0.2, 0.25) is 0 Å². The third-order valence-corrected chi connectivity index (χ3v) is 6.55. The molecule has 0 N–H and O–H groups in total. The Balaban J connectivity index is 1.44. The summed E-state index contributed by atoms with van der Waals surface area (Å²) in [7, 11) is 1.93. The first-order chi connectivity index (χ1) is 14.2. The number of carbonyl (C=O) groups is 1. The Morgan fingerprint density at radius 1 is 0.897 bits per heavy atom. The third-order valence-electron chi connectivity index (χ3n) is 6.55. The van der Waals surface area contributed by atoms with Crippen molar-refractivity contribution in [2.24, 2.45) is 0 Å². The lowest BCUT2D eigenvalue weighted by Gasteiger charge is -2.31. The highest BCUT2D eigenvalue weighted by Gasteiger charge is 2.22. The number of hydrogen-bond donors (Lipinski definition) is 0. The lowest BCUT2D eigenvalue weighted by molar-refractivity contribution is 0.0787. The van der Waals surface area contributed by atoms with E-state index in [9.17, 15) is 4.79 Å². The molecule has 3 heteroatoms. The number of anilines is 1. The van der Waals surface area contributed by atoms with Crippen LogP contribution in [0.2, 0.25) is 0 Å². The molecule has 0 bridgehead atoms. The van der Waals surface area contributed by atoms with Crippen LogP contribution in [0, 0.1) is 0 Å². The second kappa shape index (κ2) is 7.55. The molecule has 1 aliphatic heterocycles. The van der Waals surface area contributed by atoms with Crippen LogP contribution in [0.25, 0.3) is 10.8 Å². The van der Waals surface area contributed by atoms with E-state index in [1.54, 1.807) is 0 Å². The first-order valence-electron chi connectivity index (χ1n) is 10.8. The highest BCUT2D eigenvalue weighted by Crippen LogP contribution is 2.33. The van der Waals surface area contributed by atoms with Crippen LogP contribution in [-0.2, 0) is 19.4 Å². The van der Waals surface area contributed by atoms with E-state index < -0.39 is 0 Å². The van der Waals surface area contributed by atoms with Gasteiger partial charge in [0.05, 0.1) is 0 Å². The summed E-state index contributed by atoms with van der Waals surface area (Å²) in [4.78, 5) is 17.8. The van der Waals surface area contributed by atoms with Crippen molar-refractivity contribution in [1.29, 1.82) is 0 Å². The quantitative estimate of drug-likeness (QED) is 0.617. The molecular formula is C26H28N2O. The number of rotatable bonds is 4. The van der Waals surface area contributed by atoms with Crippen molar-refractivity contribution in [3.8, 4) is 0 Å². The van der Waals surface area contributed by atoms with Gasteiger partial charge in [-0.25, -0.2) is 0 Å². The molecule has 0 spiro atoms. The standard InChI is InChI=1S/C26H28N2O/c1-27(18-21-8-3-4-11-24(21)28-16-5-2-6-17-28)26(29)23-15-14-20-13-12-19-9-7-10-22(23)25(19)20/h3-4,7-11,14-15H,2,5-6,12-13,16-18H2,1H3. The SMILES string of the molecule is CN(Cc1ccccc1N1CCCCC1)C(=O)c1ccc2c3c(cccc13)CC2. The van der Waals surface area contributed by atoms with Crippen molar-refractivity contribution in [3.63, 3.8) is 0 Å². The van der Waals surface area contributed by atoms with E-state index in [1.165, 1.54) is 47.0 Å². The number of benzene rings is 3. The van der Waals surface area contributed by atoms with E-state index in [4.69, 9.17) is 0 Å². The number of hydrogen-bond acceptors (Lipinski definition) is 2. The molecule has 3 aromatic carbocycles. The van der Waals surface area contributed by atoms with Crippen LogP contribution in [0.5, 0.6) is 0 Å². The number of para-hydroxylation sites is 1. The number of aryl methyl sites for hydroxylation is 2. The summed E-state index contributed by atoms with van der Waals surface area (Å²) in [6, 6.07) is 19.2. The van der Waals surface area contributed by atoms with Gasteiger partial charge < -0.3 is 9.80 Å². The Bertz CT molecular complexity index is 1060. The van der Waals surface area contributed by atoms with Crippen molar-refractivity contribution in [2.45, 2.75) is 38.6 Å². The highest BCUT2D eigenvalue weighted by molar-refractivity contribution is 6.09. The molecule has 148 valence electrons. The van der Waals surface area contributed by atoms with Gasteiger partial charge in [-0.2, -0.15) is 0 Å². The van der Waals surface area contributed by atoms with Crippen molar-refractivity contribution in [3.05, 3.63) is 76.9 Å². The van der Waals surface area contributed by atoms with Crippen molar-refractivity contribution >= 4 is 22.4 Å². The van der Waals surface area contributed by atoms with Crippen molar-refractivity contribution in [2.75, 3.05) is 25.0 Å². The fraction of sp³-hybridized carbons (Fsp3) is 0.346. The molecule has 3 nitrogen and oxygen atoms in total. The second-order valence-electron chi connectivity index (χ2n) is 8.45. The minimum absolute atomic E-state index is 0.106. The van der Waals surface area contributed by atoms with Gasteiger partial charge in [-0.05, 0) is 71.7 Å². The zero-order valence-corrected chi connectivity index (χ0v) is 17.2. The average molecular weight is 385 g/mol. The van der Waals surface area contributed by atoms with Gasteiger partial charge in [0.25, 0.3) is 5.91 Å². The molecule has 2 aliphatic rings. The molecule has 1 amide bonds. The topological polar surface area (TPSA) is 23.6 Å². The maximum absolute atomic E-state index is 13.4. The maximum atomic E-state index is 13.4. The molecule has 1 fully saturated rings. The molecule has 0 atom stereocenters. The molecule has 3 aromatic rings. The number of carbonyl (C=O) groups excluding carboxylic acids is 1. The van der Waals surface area contributed by atoms with Crippen LogP contribution in [0.3, 0.4) is 0 Å². The molecule has 0 unspecified atom stereocenters. The molecule has 29 heavy (non-hydrogen) atoms. The normalized spacial score (nSPS) is 15.7. The van der Waals surface area contributed by atoms with E-state index >= 15 is 0 Å². The van der Waals surface area contributed by atoms with Crippen LogP contribution in [0.1, 0.15) is 46.3 Å². The molecule has 0 aromatic heterocycles. The molecule has 1 heterocycles. The average Bonchev–Trinajstić information content (AvgIpc) is 3.19. The van der Waals surface area contributed by atoms with E-state index in [0.29, 0.717) is 6.54 Å². The predicted octanol–water partition coefficient (Wildman–Crippen LogP) is 5.20. The van der Waals surface area contributed by atoms with Gasteiger partial charge in [-0.15, -0.1) is 0 Å². The molecular weight excluding hydrogens is 356 g/mol. The highest BCUT2D eigenvalue weighted by atomic mass is 16.2. The minimum atomic E-state index is 0.106. The summed E-state index contributed by atoms with van der Waals surface area (Å²) >= 11 is 0. The maximum Gasteiger partial charge on any atom is 0.254 e. The number of piperidine rings is 1. The van der Waals surface area contributed by atoms with E-state index in [-0.39, 0.29) is 5.91 Å². The van der Waals surface area contributed by atoms with Crippen LogP contribution in [-0.4, -0.2) is 30.9 Å². The monoisotopic (exact) mass is 384 g/mol. The first kappa shape index (κ1) is 18.2. The summed E-state index contributed by atoms with van der Waals surface area (Å²) in [5.74, 6) is 0.106. The second-order valence-corrected chi connectivity index (χ2v) is 8.45. The zero-order valence-electron chi connectivity index (χ0n) is 17.2. The van der Waals surface area contributed by atoms with E-state index in [1.807, 2.05) is 18.0 Å². The molecule has 5 rings (SSSR count). The van der Waals surface area contributed by atoms with Gasteiger partial charge in [-0.3, -0.25) is 4.79 Å². The summed E-state index contributed by atoms with van der Waals surface area (Å²) in [6.07, 6.45) is 6.00. The van der Waals surface area contributed by atoms with Gasteiger partial charge in [0.1, 0.15) is 0 Å². The van der Waals surface area contributed by atoms with Crippen LogP contribution >= 0.6 is 0 Å². The lowest BCUT2D eigenvalue weighted by Crippen LogP contribution is -2.32. The fourth-order valence-electron chi connectivity index (χ4n) is 5.05. The Labute approximate surface area is 172 Å². The smallest absolute Gasteiger partial charge is 0.254 e. The van der Waals surface area contributed by atoms with E-state index in [2.05, 4.69) is 53.4 Å². The third kappa shape index (κ3) is 3.29. The summed E-state index contributed by atoms with van der Waals surface area (Å²) in [6.45, 7) is 2.86. The lowest BCUT2D eigenvalue weighted by atomic mass is 9.99. The Hall–Kier alpha value is -2.81. The van der Waals surface area contributed by atoms with Crippen LogP contribution < -0.4 is 4.90 Å². The zero-order chi connectivity index (χ0) is 19.8. The minimum Gasteiger partial charge on any atom is -0.371 e. The van der Waals surface area contributed by atoms with Gasteiger partial charge >= 0.3 is 0 Å². The molecule has 1 saturated heterocycles. The van der Waals surface area contributed by atoms with Gasteiger partial charge in [0.15, 0.2) is 0 Å². The Morgan fingerprint density at radius 3 is 2.48 bits per heavy atom. The summed E-state index contributed by atoms with van der Waals surface area (Å²) < 4.78 is 0. The first-order valence-corrected chi connectivity index (χ1v) is 10.8. The molecule has 1 aliphatic carbocycles.